The number of benzene rings is 1. The van der Waals surface area contributed by atoms with Crippen molar-refractivity contribution in [2.45, 2.75) is 19.3 Å². The van der Waals surface area contributed by atoms with E-state index in [-0.39, 0.29) is 0 Å². The number of hydrogen-bond donors (Lipinski definition) is 1. The number of anilines is 2. The Hall–Kier alpha value is -3.28. The van der Waals surface area contributed by atoms with Gasteiger partial charge in [-0.2, -0.15) is 10.2 Å². The van der Waals surface area contributed by atoms with E-state index in [9.17, 15) is 5.26 Å². The zero-order valence-electron chi connectivity index (χ0n) is 18.7. The molecule has 2 aromatic heterocycles. The van der Waals surface area contributed by atoms with Gasteiger partial charge >= 0.3 is 0 Å². The van der Waals surface area contributed by atoms with Gasteiger partial charge in [0.25, 0.3) is 0 Å². The molecule has 9 heteroatoms. The number of piperidine rings is 1. The van der Waals surface area contributed by atoms with Gasteiger partial charge in [0.1, 0.15) is 12.7 Å². The molecule has 0 spiro atoms. The average molecular weight is 468 g/mol. The second kappa shape index (κ2) is 10.6. The van der Waals surface area contributed by atoms with Gasteiger partial charge in [-0.1, -0.05) is 18.0 Å². The molecule has 1 aliphatic heterocycles. The van der Waals surface area contributed by atoms with Crippen LogP contribution in [-0.2, 0) is 0 Å². The Morgan fingerprint density at radius 2 is 1.94 bits per heavy atom. The monoisotopic (exact) mass is 467 g/mol. The van der Waals surface area contributed by atoms with Crippen molar-refractivity contribution in [3.8, 4) is 23.4 Å². The molecule has 0 amide bonds. The van der Waals surface area contributed by atoms with Gasteiger partial charge in [0.15, 0.2) is 17.3 Å². The number of nitriles is 1. The second-order valence-electron chi connectivity index (χ2n) is 7.74. The minimum absolute atomic E-state index is 0.351. The summed E-state index contributed by atoms with van der Waals surface area (Å²) in [6.07, 6.45) is 5.31. The van der Waals surface area contributed by atoms with E-state index in [0.29, 0.717) is 57.0 Å². The minimum Gasteiger partial charge on any atom is -0.493 e. The normalized spacial score (nSPS) is 14.0. The topological polar surface area (TPSA) is 92.5 Å². The van der Waals surface area contributed by atoms with E-state index < -0.39 is 0 Å². The first-order chi connectivity index (χ1) is 16.1. The van der Waals surface area contributed by atoms with Crippen molar-refractivity contribution in [1.29, 1.82) is 5.26 Å². The fourth-order valence-electron chi connectivity index (χ4n) is 3.90. The van der Waals surface area contributed by atoms with E-state index in [1.54, 1.807) is 19.2 Å². The van der Waals surface area contributed by atoms with Crippen LogP contribution in [0.4, 0.5) is 11.5 Å². The molecule has 0 aliphatic carbocycles. The third-order valence-corrected chi connectivity index (χ3v) is 5.97. The molecule has 33 heavy (non-hydrogen) atoms. The molecule has 3 heterocycles. The summed E-state index contributed by atoms with van der Waals surface area (Å²) >= 11 is 6.33. The van der Waals surface area contributed by atoms with Crippen LogP contribution in [0.2, 0.25) is 5.02 Å². The van der Waals surface area contributed by atoms with Crippen molar-refractivity contribution in [3.05, 3.63) is 41.0 Å². The fraction of sp³-hybridized carbons (Fsp3) is 0.375. The predicted octanol–water partition coefficient (Wildman–Crippen LogP) is 4.78. The maximum absolute atomic E-state index is 9.68. The maximum atomic E-state index is 9.68. The standard InChI is InChI=1S/C24H26ClN5O3/c1-31-20-12-17-19(13-21(20)33-11-10-30-8-4-3-5-9-30)27-15-16(14-26)23(17)29-24-18(25)6-7-22(28-24)32-2/h6-7,12-13,15H,3-5,8-11H2,1-2H3,(H,27,28,29). The molecule has 0 bridgehead atoms. The number of likely N-dealkylation sites (tertiary alicyclic amines) is 1. The van der Waals surface area contributed by atoms with Crippen LogP contribution in [0.5, 0.6) is 17.4 Å². The first-order valence-corrected chi connectivity index (χ1v) is 11.2. The third-order valence-electron chi connectivity index (χ3n) is 5.66. The smallest absolute Gasteiger partial charge is 0.214 e. The number of ether oxygens (including phenoxy) is 3. The highest BCUT2D eigenvalue weighted by Gasteiger charge is 2.17. The fourth-order valence-corrected chi connectivity index (χ4v) is 4.06. The molecule has 1 fully saturated rings. The van der Waals surface area contributed by atoms with Crippen LogP contribution in [0.25, 0.3) is 10.9 Å². The van der Waals surface area contributed by atoms with E-state index in [1.165, 1.54) is 32.6 Å². The van der Waals surface area contributed by atoms with Gasteiger partial charge in [-0.15, -0.1) is 0 Å². The van der Waals surface area contributed by atoms with Crippen molar-refractivity contribution >= 4 is 34.0 Å². The zero-order chi connectivity index (χ0) is 23.2. The van der Waals surface area contributed by atoms with Crippen LogP contribution in [0.3, 0.4) is 0 Å². The van der Waals surface area contributed by atoms with Crippen molar-refractivity contribution in [2.24, 2.45) is 0 Å². The molecule has 0 unspecified atom stereocenters. The molecule has 0 saturated carbocycles. The van der Waals surface area contributed by atoms with Crippen molar-refractivity contribution in [3.63, 3.8) is 0 Å². The van der Waals surface area contributed by atoms with Crippen LogP contribution in [-0.4, -0.2) is 55.3 Å². The minimum atomic E-state index is 0.351. The van der Waals surface area contributed by atoms with Crippen molar-refractivity contribution in [1.82, 2.24) is 14.9 Å². The Balaban J connectivity index is 1.65. The van der Waals surface area contributed by atoms with Crippen LogP contribution in [0, 0.1) is 11.3 Å². The Morgan fingerprint density at radius 1 is 1.12 bits per heavy atom. The van der Waals surface area contributed by atoms with E-state index in [1.807, 2.05) is 12.1 Å². The summed E-state index contributed by atoms with van der Waals surface area (Å²) < 4.78 is 16.9. The van der Waals surface area contributed by atoms with Crippen molar-refractivity contribution < 1.29 is 14.2 Å². The second-order valence-corrected chi connectivity index (χ2v) is 8.15. The highest BCUT2D eigenvalue weighted by molar-refractivity contribution is 6.33. The molecule has 8 nitrogen and oxygen atoms in total. The number of aromatic nitrogens is 2. The van der Waals surface area contributed by atoms with Gasteiger partial charge in [0, 0.05) is 30.3 Å². The quantitative estimate of drug-likeness (QED) is 0.506. The lowest BCUT2D eigenvalue weighted by Gasteiger charge is -2.26. The SMILES string of the molecule is COc1ccc(Cl)c(Nc2c(C#N)cnc3cc(OCCN4CCCCC4)c(OC)cc23)n1. The summed E-state index contributed by atoms with van der Waals surface area (Å²) in [7, 11) is 3.12. The molecular formula is C24H26ClN5O3. The summed E-state index contributed by atoms with van der Waals surface area (Å²) in [5, 5.41) is 13.9. The Bertz CT molecular complexity index is 1170. The number of fused-ring (bicyclic) bond motifs is 1. The average Bonchev–Trinajstić information content (AvgIpc) is 2.85. The molecular weight excluding hydrogens is 442 g/mol. The van der Waals surface area contributed by atoms with Crippen molar-refractivity contribution in [2.75, 3.05) is 45.8 Å². The Labute approximate surface area is 198 Å². The lowest BCUT2D eigenvalue weighted by molar-refractivity contribution is 0.181. The number of rotatable bonds is 8. The highest BCUT2D eigenvalue weighted by atomic mass is 35.5. The number of nitrogens with zero attached hydrogens (tertiary/aromatic N) is 4. The van der Waals surface area contributed by atoms with Gasteiger partial charge in [0.2, 0.25) is 5.88 Å². The summed E-state index contributed by atoms with van der Waals surface area (Å²) in [5.74, 6) is 1.95. The number of hydrogen-bond acceptors (Lipinski definition) is 8. The molecule has 172 valence electrons. The summed E-state index contributed by atoms with van der Waals surface area (Å²) in [4.78, 5) is 11.2. The lowest BCUT2D eigenvalue weighted by atomic mass is 10.1. The van der Waals surface area contributed by atoms with E-state index in [0.717, 1.165) is 19.6 Å². The third kappa shape index (κ3) is 5.21. The first kappa shape index (κ1) is 22.9. The van der Waals surface area contributed by atoms with E-state index in [2.05, 4.69) is 26.3 Å². The molecule has 3 aromatic rings. The van der Waals surface area contributed by atoms with Crippen LogP contribution >= 0.6 is 11.6 Å². The Kier molecular flexibility index (Phi) is 7.33. The van der Waals surface area contributed by atoms with Gasteiger partial charge in [-0.05, 0) is 38.1 Å². The number of nitrogens with one attached hydrogen (secondary N) is 1. The van der Waals surface area contributed by atoms with Gasteiger partial charge in [0.05, 0.1) is 36.0 Å². The molecule has 1 aromatic carbocycles. The van der Waals surface area contributed by atoms with Crippen LogP contribution < -0.4 is 19.5 Å². The molecule has 1 aliphatic rings. The number of halogens is 1. The summed E-state index contributed by atoms with van der Waals surface area (Å²) in [5.41, 5.74) is 1.54. The molecule has 0 atom stereocenters. The van der Waals surface area contributed by atoms with E-state index in [4.69, 9.17) is 25.8 Å². The maximum Gasteiger partial charge on any atom is 0.214 e. The van der Waals surface area contributed by atoms with Gasteiger partial charge in [-0.3, -0.25) is 9.88 Å². The zero-order valence-corrected chi connectivity index (χ0v) is 19.5. The number of pyridine rings is 2. The molecule has 1 saturated heterocycles. The molecule has 4 rings (SSSR count). The summed E-state index contributed by atoms with van der Waals surface area (Å²) in [6, 6.07) is 9.17. The highest BCUT2D eigenvalue weighted by Crippen LogP contribution is 2.38. The van der Waals surface area contributed by atoms with Gasteiger partial charge in [-0.25, -0.2) is 0 Å². The van der Waals surface area contributed by atoms with Crippen LogP contribution in [0.1, 0.15) is 24.8 Å². The first-order valence-electron chi connectivity index (χ1n) is 10.9. The molecule has 1 N–H and O–H groups in total. The van der Waals surface area contributed by atoms with E-state index >= 15 is 0 Å². The molecule has 0 radical (unpaired) electrons. The van der Waals surface area contributed by atoms with Gasteiger partial charge < -0.3 is 19.5 Å². The lowest BCUT2D eigenvalue weighted by Crippen LogP contribution is -2.33. The van der Waals surface area contributed by atoms with Crippen LogP contribution in [0.15, 0.2) is 30.5 Å². The summed E-state index contributed by atoms with van der Waals surface area (Å²) in [6.45, 7) is 3.67. The largest absolute Gasteiger partial charge is 0.493 e. The number of methoxy groups -OCH3 is 2. The predicted molar refractivity (Wildman–Crippen MR) is 128 cm³/mol. The Morgan fingerprint density at radius 3 is 2.67 bits per heavy atom.